The average Bonchev–Trinajstić information content (AvgIpc) is 2.73. The lowest BCUT2D eigenvalue weighted by Crippen LogP contribution is -2.40. The smallest absolute Gasteiger partial charge is 0.445 e. The first-order chi connectivity index (χ1) is 10.3. The monoisotopic (exact) mass is 325 g/mol. The fraction of sp³-hybridized carbons (Fsp3) is 0.429. The Balaban J connectivity index is 2.50. The van der Waals surface area contributed by atoms with Crippen molar-refractivity contribution in [3.05, 3.63) is 35.9 Å². The van der Waals surface area contributed by atoms with Crippen molar-refractivity contribution < 1.29 is 17.9 Å². The molecule has 8 heteroatoms. The number of carbonyl (C=O) groups is 1. The van der Waals surface area contributed by atoms with Crippen LogP contribution in [-0.4, -0.2) is 41.7 Å². The third kappa shape index (κ3) is 3.12. The molecule has 0 aliphatic carbocycles. The van der Waals surface area contributed by atoms with E-state index in [1.807, 2.05) is 30.3 Å². The molecule has 0 aromatic heterocycles. The van der Waals surface area contributed by atoms with Crippen molar-refractivity contribution in [2.75, 3.05) is 20.7 Å². The molecule has 1 amide bonds. The molecule has 2 unspecified atom stereocenters. The second-order valence-corrected chi connectivity index (χ2v) is 6.46. The standard InChI is InChI=1S/C14H19N3O4S/c1-5-20-13(18)16-22(19)15-12(17(3)4)14(2,21-22)11-9-7-6-8-10-11/h6-10H,5H2,1-4H3. The minimum absolute atomic E-state index is 0.137. The lowest BCUT2D eigenvalue weighted by atomic mass is 9.94. The predicted molar refractivity (Wildman–Crippen MR) is 83.6 cm³/mol. The molecular formula is C14H19N3O4S. The summed E-state index contributed by atoms with van der Waals surface area (Å²) in [6.45, 7) is 3.52. The number of hydrogen-bond donors (Lipinski definition) is 0. The number of benzene rings is 1. The molecule has 2 rings (SSSR count). The highest BCUT2D eigenvalue weighted by Crippen LogP contribution is 2.36. The van der Waals surface area contributed by atoms with Crippen LogP contribution in [0.15, 0.2) is 39.1 Å². The van der Waals surface area contributed by atoms with Gasteiger partial charge in [0, 0.05) is 14.1 Å². The Labute approximate surface area is 130 Å². The van der Waals surface area contributed by atoms with Crippen molar-refractivity contribution in [1.82, 2.24) is 4.90 Å². The molecule has 0 saturated heterocycles. The molecule has 120 valence electrons. The first-order valence-electron chi connectivity index (χ1n) is 6.78. The van der Waals surface area contributed by atoms with E-state index < -0.39 is 21.9 Å². The van der Waals surface area contributed by atoms with Crippen LogP contribution in [-0.2, 0) is 24.7 Å². The SMILES string of the molecule is CCOC(=O)N=S1(=O)N=C(N(C)C)C(C)(c2ccccc2)O1. The number of carbonyl (C=O) groups excluding carboxylic acids is 1. The van der Waals surface area contributed by atoms with Crippen LogP contribution in [0, 0.1) is 0 Å². The van der Waals surface area contributed by atoms with E-state index in [9.17, 15) is 9.00 Å². The maximum absolute atomic E-state index is 12.7. The van der Waals surface area contributed by atoms with Gasteiger partial charge in [0.25, 0.3) is 10.2 Å². The molecule has 1 aliphatic heterocycles. The van der Waals surface area contributed by atoms with E-state index in [4.69, 9.17) is 8.92 Å². The molecule has 0 N–H and O–H groups in total. The largest absolute Gasteiger partial charge is 0.448 e. The molecule has 0 fully saturated rings. The fourth-order valence-corrected chi connectivity index (χ4v) is 3.71. The second kappa shape index (κ2) is 6.05. The van der Waals surface area contributed by atoms with Gasteiger partial charge in [-0.2, -0.15) is 4.21 Å². The third-order valence-corrected chi connectivity index (χ3v) is 4.44. The second-order valence-electron chi connectivity index (χ2n) is 5.03. The number of rotatable bonds is 2. The number of ether oxygens (including phenoxy) is 1. The Kier molecular flexibility index (Phi) is 4.52. The van der Waals surface area contributed by atoms with E-state index in [2.05, 4.69) is 8.76 Å². The quantitative estimate of drug-likeness (QED) is 0.834. The van der Waals surface area contributed by atoms with Gasteiger partial charge in [0.15, 0.2) is 11.4 Å². The summed E-state index contributed by atoms with van der Waals surface area (Å²) in [5.41, 5.74) is -0.288. The van der Waals surface area contributed by atoms with Crippen LogP contribution in [0.5, 0.6) is 0 Å². The minimum atomic E-state index is -3.53. The number of nitrogens with zero attached hydrogens (tertiary/aromatic N) is 3. The highest BCUT2D eigenvalue weighted by atomic mass is 32.2. The number of amidine groups is 1. The maximum atomic E-state index is 12.7. The highest BCUT2D eigenvalue weighted by molar-refractivity contribution is 7.88. The Bertz CT molecular complexity index is 708. The van der Waals surface area contributed by atoms with Crippen LogP contribution in [0.2, 0.25) is 0 Å². The van der Waals surface area contributed by atoms with Gasteiger partial charge in [-0.05, 0) is 19.4 Å². The highest BCUT2D eigenvalue weighted by Gasteiger charge is 2.46. The maximum Gasteiger partial charge on any atom is 0.445 e. The Hall–Kier alpha value is -1.93. The van der Waals surface area contributed by atoms with Gasteiger partial charge in [-0.15, -0.1) is 4.40 Å². The topological polar surface area (TPSA) is 80.6 Å². The van der Waals surface area contributed by atoms with E-state index in [0.29, 0.717) is 5.84 Å². The van der Waals surface area contributed by atoms with Crippen molar-refractivity contribution in [2.45, 2.75) is 19.4 Å². The zero-order valence-corrected chi connectivity index (χ0v) is 13.8. The van der Waals surface area contributed by atoms with E-state index >= 15 is 0 Å². The van der Waals surface area contributed by atoms with Gasteiger partial charge in [-0.25, -0.2) is 8.98 Å². The molecule has 1 heterocycles. The van der Waals surface area contributed by atoms with Crippen molar-refractivity contribution >= 4 is 22.1 Å². The molecule has 1 aliphatic rings. The Morgan fingerprint density at radius 2 is 2.05 bits per heavy atom. The first-order valence-corrected chi connectivity index (χ1v) is 8.18. The molecule has 0 spiro atoms. The van der Waals surface area contributed by atoms with Crippen molar-refractivity contribution in [1.29, 1.82) is 0 Å². The number of likely N-dealkylation sites (N-methyl/N-ethyl adjacent to an activating group) is 1. The van der Waals surface area contributed by atoms with Crippen LogP contribution < -0.4 is 0 Å². The third-order valence-electron chi connectivity index (χ3n) is 3.11. The van der Waals surface area contributed by atoms with Gasteiger partial charge in [-0.3, -0.25) is 0 Å². The van der Waals surface area contributed by atoms with Gasteiger partial charge < -0.3 is 9.64 Å². The first kappa shape index (κ1) is 16.4. The fourth-order valence-electron chi connectivity index (χ4n) is 2.19. The number of hydrogen-bond acceptors (Lipinski definition) is 5. The summed E-state index contributed by atoms with van der Waals surface area (Å²) in [5.74, 6) is 0.428. The summed E-state index contributed by atoms with van der Waals surface area (Å²) in [4.78, 5) is 13.2. The van der Waals surface area contributed by atoms with Crippen molar-refractivity contribution in [2.24, 2.45) is 8.76 Å². The minimum Gasteiger partial charge on any atom is -0.448 e. The van der Waals surface area contributed by atoms with E-state index in [0.717, 1.165) is 5.56 Å². The lowest BCUT2D eigenvalue weighted by Gasteiger charge is -2.28. The zero-order chi connectivity index (χ0) is 16.4. The van der Waals surface area contributed by atoms with E-state index in [1.165, 1.54) is 0 Å². The van der Waals surface area contributed by atoms with Gasteiger partial charge in [-0.1, -0.05) is 34.7 Å². The summed E-state index contributed by atoms with van der Waals surface area (Å²) in [5, 5.41) is 0. The summed E-state index contributed by atoms with van der Waals surface area (Å²) in [6, 6.07) is 9.25. The summed E-state index contributed by atoms with van der Waals surface area (Å²) < 4.78 is 30.5. The van der Waals surface area contributed by atoms with Crippen LogP contribution in [0.25, 0.3) is 0 Å². The molecule has 7 nitrogen and oxygen atoms in total. The Morgan fingerprint density at radius 3 is 2.59 bits per heavy atom. The zero-order valence-electron chi connectivity index (χ0n) is 13.0. The normalized spacial score (nSPS) is 27.2. The molecule has 1 aromatic rings. The van der Waals surface area contributed by atoms with Crippen molar-refractivity contribution in [3.8, 4) is 0 Å². The lowest BCUT2D eigenvalue weighted by molar-refractivity contribution is 0.160. The summed E-state index contributed by atoms with van der Waals surface area (Å²) in [6.07, 6.45) is -0.952. The average molecular weight is 325 g/mol. The van der Waals surface area contributed by atoms with Crippen LogP contribution in [0.4, 0.5) is 4.79 Å². The van der Waals surface area contributed by atoms with Gasteiger partial charge in [0.1, 0.15) is 0 Å². The van der Waals surface area contributed by atoms with Crippen LogP contribution >= 0.6 is 0 Å². The van der Waals surface area contributed by atoms with Crippen LogP contribution in [0.1, 0.15) is 19.4 Å². The van der Waals surface area contributed by atoms with Crippen LogP contribution in [0.3, 0.4) is 0 Å². The number of amides is 1. The van der Waals surface area contributed by atoms with Gasteiger partial charge in [0.05, 0.1) is 6.61 Å². The molecule has 2 atom stereocenters. The molecule has 0 bridgehead atoms. The van der Waals surface area contributed by atoms with Crippen molar-refractivity contribution in [3.63, 3.8) is 0 Å². The van der Waals surface area contributed by atoms with Gasteiger partial charge in [0.2, 0.25) is 0 Å². The van der Waals surface area contributed by atoms with E-state index in [-0.39, 0.29) is 6.61 Å². The molecule has 0 radical (unpaired) electrons. The van der Waals surface area contributed by atoms with Gasteiger partial charge >= 0.3 is 6.09 Å². The predicted octanol–water partition coefficient (Wildman–Crippen LogP) is 2.35. The van der Waals surface area contributed by atoms with E-state index in [1.54, 1.807) is 32.8 Å². The molecular weight excluding hydrogens is 306 g/mol. The molecule has 0 saturated carbocycles. The molecule has 1 aromatic carbocycles. The molecule has 22 heavy (non-hydrogen) atoms. The summed E-state index contributed by atoms with van der Waals surface area (Å²) in [7, 11) is -0.00273. The Morgan fingerprint density at radius 1 is 1.41 bits per heavy atom. The summed E-state index contributed by atoms with van der Waals surface area (Å²) >= 11 is 0.